The molecule has 5 rings (SSSR count). The van der Waals surface area contributed by atoms with Crippen molar-refractivity contribution in [1.82, 2.24) is 4.57 Å². The molecule has 2 aromatic heterocycles. The summed E-state index contributed by atoms with van der Waals surface area (Å²) in [5, 5.41) is 1.00. The molecular formula is C29H23BrCl2N2O6S. The Labute approximate surface area is 257 Å². The summed E-state index contributed by atoms with van der Waals surface area (Å²) in [4.78, 5) is 32.2. The number of hydrogen-bond donors (Lipinski definition) is 0. The lowest BCUT2D eigenvalue weighted by molar-refractivity contribution is -0.139. The smallest absolute Gasteiger partial charge is 0.338 e. The van der Waals surface area contributed by atoms with E-state index in [1.807, 2.05) is 0 Å². The third-order valence-corrected chi connectivity index (χ3v) is 8.64. The Kier molecular flexibility index (Phi) is 8.47. The lowest BCUT2D eigenvalue weighted by atomic mass is 9.95. The van der Waals surface area contributed by atoms with E-state index in [1.54, 1.807) is 62.4 Å². The third kappa shape index (κ3) is 5.49. The van der Waals surface area contributed by atoms with E-state index in [9.17, 15) is 9.59 Å². The molecule has 0 unspecified atom stereocenters. The second-order valence-corrected chi connectivity index (χ2v) is 11.6. The number of ether oxygens (including phenoxy) is 3. The largest absolute Gasteiger partial charge is 0.493 e. The van der Waals surface area contributed by atoms with Crippen LogP contribution in [0.2, 0.25) is 10.0 Å². The molecule has 0 saturated heterocycles. The van der Waals surface area contributed by atoms with Gasteiger partial charge in [-0.1, -0.05) is 50.5 Å². The maximum Gasteiger partial charge on any atom is 0.338 e. The van der Waals surface area contributed by atoms with Gasteiger partial charge in [0, 0.05) is 21.1 Å². The standard InChI is InChI=1S/C29H23BrCl2N2O6S/c1-5-39-28(36)25-14(2)33-29-34(26(25)17-12-22(37-3)23(38-4)13-19(17)30)27(35)24(41-29)11-16-7-9-21(40-16)18-10-15(31)6-8-20(18)32/h6-13,26H,5H2,1-4H3/b24-11-/t26-/m0/s1. The summed E-state index contributed by atoms with van der Waals surface area (Å²) in [5.41, 5.74) is 1.57. The van der Waals surface area contributed by atoms with Crippen LogP contribution in [0.1, 0.15) is 31.2 Å². The van der Waals surface area contributed by atoms with E-state index in [0.29, 0.717) is 63.7 Å². The van der Waals surface area contributed by atoms with E-state index >= 15 is 0 Å². The van der Waals surface area contributed by atoms with Gasteiger partial charge in [-0.05, 0) is 61.9 Å². The van der Waals surface area contributed by atoms with Crippen molar-refractivity contribution in [3.05, 3.63) is 99.3 Å². The Morgan fingerprint density at radius 1 is 1.15 bits per heavy atom. The highest BCUT2D eigenvalue weighted by molar-refractivity contribution is 9.10. The summed E-state index contributed by atoms with van der Waals surface area (Å²) in [6.07, 6.45) is 1.63. The first-order chi connectivity index (χ1) is 19.7. The minimum absolute atomic E-state index is 0.164. The Balaban J connectivity index is 1.69. The molecule has 3 heterocycles. The van der Waals surface area contributed by atoms with Gasteiger partial charge in [-0.2, -0.15) is 0 Å². The Hall–Kier alpha value is -3.31. The number of halogens is 3. The van der Waals surface area contributed by atoms with Gasteiger partial charge in [-0.15, -0.1) is 0 Å². The number of furan rings is 1. The first-order valence-corrected chi connectivity index (χ1v) is 14.7. The molecule has 12 heteroatoms. The number of thiazole rings is 1. The highest BCUT2D eigenvalue weighted by Crippen LogP contribution is 2.41. The van der Waals surface area contributed by atoms with Crippen molar-refractivity contribution >= 4 is 62.5 Å². The summed E-state index contributed by atoms with van der Waals surface area (Å²) in [6, 6.07) is 11.2. The molecule has 2 aromatic carbocycles. The predicted octanol–water partition coefficient (Wildman–Crippen LogP) is 6.14. The summed E-state index contributed by atoms with van der Waals surface area (Å²) < 4.78 is 24.8. The van der Waals surface area contributed by atoms with Crippen LogP contribution in [0.25, 0.3) is 17.4 Å². The van der Waals surface area contributed by atoms with Crippen LogP contribution in [0, 0.1) is 0 Å². The highest BCUT2D eigenvalue weighted by Gasteiger charge is 2.35. The molecule has 0 bridgehead atoms. The quantitative estimate of drug-likeness (QED) is 0.218. The topological polar surface area (TPSA) is 92.3 Å². The molecule has 4 aromatic rings. The van der Waals surface area contributed by atoms with Gasteiger partial charge in [-0.25, -0.2) is 9.79 Å². The first-order valence-electron chi connectivity index (χ1n) is 12.3. The monoisotopic (exact) mass is 676 g/mol. The maximum absolute atomic E-state index is 14.0. The summed E-state index contributed by atoms with van der Waals surface area (Å²) in [7, 11) is 3.05. The van der Waals surface area contributed by atoms with E-state index in [0.717, 1.165) is 0 Å². The summed E-state index contributed by atoms with van der Waals surface area (Å²) in [6.45, 7) is 3.61. The van der Waals surface area contributed by atoms with Crippen LogP contribution in [0.5, 0.6) is 11.5 Å². The average Bonchev–Trinajstić information content (AvgIpc) is 3.53. The van der Waals surface area contributed by atoms with Gasteiger partial charge >= 0.3 is 5.97 Å². The van der Waals surface area contributed by atoms with Crippen LogP contribution >= 0.6 is 50.5 Å². The number of esters is 1. The fraction of sp³-hybridized carbons (Fsp3) is 0.207. The van der Waals surface area contributed by atoms with Gasteiger partial charge in [0.1, 0.15) is 11.5 Å². The highest BCUT2D eigenvalue weighted by atomic mass is 79.9. The number of carbonyl (C=O) groups excluding carboxylic acids is 1. The maximum atomic E-state index is 14.0. The molecule has 0 amide bonds. The molecule has 0 fully saturated rings. The molecule has 0 saturated carbocycles. The van der Waals surface area contributed by atoms with Crippen molar-refractivity contribution in [2.45, 2.75) is 19.9 Å². The zero-order chi connectivity index (χ0) is 29.4. The Morgan fingerprint density at radius 2 is 1.88 bits per heavy atom. The van der Waals surface area contributed by atoms with Crippen LogP contribution in [0.15, 0.2) is 72.4 Å². The van der Waals surface area contributed by atoms with E-state index in [1.165, 1.54) is 30.1 Å². The molecule has 1 aliphatic heterocycles. The lowest BCUT2D eigenvalue weighted by Crippen LogP contribution is -2.40. The fourth-order valence-electron chi connectivity index (χ4n) is 4.56. The molecular weight excluding hydrogens is 655 g/mol. The zero-order valence-corrected chi connectivity index (χ0v) is 26.2. The second-order valence-electron chi connectivity index (χ2n) is 8.86. The summed E-state index contributed by atoms with van der Waals surface area (Å²) >= 11 is 17.3. The average molecular weight is 678 g/mol. The zero-order valence-electron chi connectivity index (χ0n) is 22.3. The number of nitrogens with zero attached hydrogens (tertiary/aromatic N) is 2. The van der Waals surface area contributed by atoms with Crippen LogP contribution in [-0.4, -0.2) is 31.4 Å². The number of methoxy groups -OCH3 is 2. The first kappa shape index (κ1) is 29.2. The van der Waals surface area contributed by atoms with Crippen LogP contribution in [-0.2, 0) is 9.53 Å². The van der Waals surface area contributed by atoms with Crippen molar-refractivity contribution in [1.29, 1.82) is 0 Å². The number of hydrogen-bond acceptors (Lipinski definition) is 8. The number of fused-ring (bicyclic) bond motifs is 1. The molecule has 212 valence electrons. The van der Waals surface area contributed by atoms with Crippen LogP contribution in [0.3, 0.4) is 0 Å². The number of carbonyl (C=O) groups is 1. The minimum atomic E-state index is -0.848. The molecule has 1 atom stereocenters. The van der Waals surface area contributed by atoms with Crippen molar-refractivity contribution in [2.24, 2.45) is 4.99 Å². The predicted molar refractivity (Wildman–Crippen MR) is 162 cm³/mol. The van der Waals surface area contributed by atoms with Gasteiger partial charge in [0.05, 0.1) is 47.7 Å². The fourth-order valence-corrected chi connectivity index (χ4v) is 6.50. The minimum Gasteiger partial charge on any atom is -0.493 e. The van der Waals surface area contributed by atoms with Crippen molar-refractivity contribution in [3.8, 4) is 22.8 Å². The van der Waals surface area contributed by atoms with E-state index < -0.39 is 12.0 Å². The van der Waals surface area contributed by atoms with Gasteiger partial charge < -0.3 is 18.6 Å². The normalized spacial score (nSPS) is 15.0. The number of rotatable bonds is 7. The van der Waals surface area contributed by atoms with Crippen molar-refractivity contribution < 1.29 is 23.4 Å². The van der Waals surface area contributed by atoms with E-state index in [4.69, 9.17) is 41.8 Å². The second kappa shape index (κ2) is 11.9. The van der Waals surface area contributed by atoms with Gasteiger partial charge in [0.25, 0.3) is 5.56 Å². The molecule has 1 aliphatic rings. The van der Waals surface area contributed by atoms with Gasteiger partial charge in [0.15, 0.2) is 16.3 Å². The molecule has 0 aliphatic carbocycles. The number of aromatic nitrogens is 1. The Bertz CT molecular complexity index is 1890. The van der Waals surface area contributed by atoms with Crippen LogP contribution < -0.4 is 24.4 Å². The molecule has 0 spiro atoms. The molecule has 8 nitrogen and oxygen atoms in total. The van der Waals surface area contributed by atoms with Crippen molar-refractivity contribution in [3.63, 3.8) is 0 Å². The van der Waals surface area contributed by atoms with E-state index in [2.05, 4.69) is 20.9 Å². The number of benzene rings is 2. The lowest BCUT2D eigenvalue weighted by Gasteiger charge is -2.26. The third-order valence-electron chi connectivity index (χ3n) is 6.41. The van der Waals surface area contributed by atoms with Gasteiger partial charge in [0.2, 0.25) is 0 Å². The van der Waals surface area contributed by atoms with Crippen molar-refractivity contribution in [2.75, 3.05) is 20.8 Å². The molecule has 0 radical (unpaired) electrons. The van der Waals surface area contributed by atoms with Gasteiger partial charge in [-0.3, -0.25) is 9.36 Å². The van der Waals surface area contributed by atoms with E-state index in [-0.39, 0.29) is 17.7 Å². The molecule has 41 heavy (non-hydrogen) atoms. The van der Waals surface area contributed by atoms with Crippen LogP contribution in [0.4, 0.5) is 0 Å². The SMILES string of the molecule is CCOC(=O)C1=C(C)N=c2s/c(=C\c3ccc(-c4cc(Cl)ccc4Cl)o3)c(=O)n2[C@H]1c1cc(OC)c(OC)cc1Br. The Morgan fingerprint density at radius 3 is 2.59 bits per heavy atom. The number of allylic oxidation sites excluding steroid dienone is 1. The molecule has 0 N–H and O–H groups in total. The summed E-state index contributed by atoms with van der Waals surface area (Å²) in [5.74, 6) is 1.30.